The number of ketones is 1. The van der Waals surface area contributed by atoms with Gasteiger partial charge in [0.25, 0.3) is 0 Å². The Morgan fingerprint density at radius 1 is 0.897 bits per heavy atom. The first-order valence-corrected chi connectivity index (χ1v) is 9.92. The fourth-order valence-electron chi connectivity index (χ4n) is 3.11. The van der Waals surface area contributed by atoms with Crippen LogP contribution in [0.2, 0.25) is 0 Å². The van der Waals surface area contributed by atoms with Gasteiger partial charge < -0.3 is 14.2 Å². The van der Waals surface area contributed by atoms with Crippen LogP contribution in [0.4, 0.5) is 0 Å². The van der Waals surface area contributed by atoms with Crippen LogP contribution >= 0.6 is 0 Å². The lowest BCUT2D eigenvalue weighted by atomic mass is 9.90. The molecular formula is C24H30O5. The van der Waals surface area contributed by atoms with Crippen LogP contribution in [0, 0.1) is 5.92 Å². The first-order chi connectivity index (χ1) is 13.9. The number of hydrogen-bond donors (Lipinski definition) is 0. The second-order valence-corrected chi connectivity index (χ2v) is 7.38. The molecule has 5 nitrogen and oxygen atoms in total. The number of para-hydroxylation sites is 1. The van der Waals surface area contributed by atoms with Gasteiger partial charge in [0.1, 0.15) is 18.5 Å². The lowest BCUT2D eigenvalue weighted by Crippen LogP contribution is -2.32. The first kappa shape index (κ1) is 22.6. The molecule has 0 unspecified atom stereocenters. The van der Waals surface area contributed by atoms with Crippen molar-refractivity contribution in [3.8, 4) is 5.75 Å². The number of benzene rings is 2. The highest BCUT2D eigenvalue weighted by atomic mass is 16.5. The topological polar surface area (TPSA) is 61.8 Å². The molecule has 29 heavy (non-hydrogen) atoms. The first-order valence-electron chi connectivity index (χ1n) is 9.92. The highest BCUT2D eigenvalue weighted by Gasteiger charge is 2.25. The molecule has 2 aromatic carbocycles. The smallest absolute Gasteiger partial charge is 0.337 e. The number of carbonyl (C=O) groups is 2. The number of rotatable bonds is 11. The molecule has 0 fully saturated rings. The van der Waals surface area contributed by atoms with Gasteiger partial charge in [-0.15, -0.1) is 0 Å². The number of hydrogen-bond acceptors (Lipinski definition) is 5. The normalized spacial score (nSPS) is 13.0. The maximum Gasteiger partial charge on any atom is 0.337 e. The minimum absolute atomic E-state index is 0.0274. The van der Waals surface area contributed by atoms with Crippen LogP contribution in [-0.2, 0) is 14.3 Å². The predicted octanol–water partition coefficient (Wildman–Crippen LogP) is 4.66. The third kappa shape index (κ3) is 7.02. The van der Waals surface area contributed by atoms with Gasteiger partial charge in [-0.3, -0.25) is 4.79 Å². The zero-order valence-corrected chi connectivity index (χ0v) is 17.6. The van der Waals surface area contributed by atoms with Crippen molar-refractivity contribution in [1.82, 2.24) is 0 Å². The summed E-state index contributed by atoms with van der Waals surface area (Å²) in [5, 5.41) is 0. The molecule has 2 rings (SSSR count). The van der Waals surface area contributed by atoms with Gasteiger partial charge in [0, 0.05) is 6.42 Å². The SMILES string of the molecule is COC(=O)c1ccc([C@H](C)CC(=O)[C@H](OCCOc2ccccc2)C(C)C)cc1. The molecule has 2 aromatic rings. The molecule has 0 aromatic heterocycles. The molecule has 0 aliphatic carbocycles. The summed E-state index contributed by atoms with van der Waals surface area (Å²) in [7, 11) is 1.36. The standard InChI is InChI=1S/C24H30O5/c1-17(2)23(29-15-14-28-21-8-6-5-7-9-21)22(25)16-18(3)19-10-12-20(13-11-19)24(26)27-4/h5-13,17-18,23H,14-16H2,1-4H3/t18-,23-/m1/s1. The van der Waals surface area contributed by atoms with Crippen LogP contribution < -0.4 is 4.74 Å². The van der Waals surface area contributed by atoms with Crippen LogP contribution in [-0.4, -0.2) is 38.2 Å². The summed E-state index contributed by atoms with van der Waals surface area (Å²) in [5.41, 5.74) is 1.50. The van der Waals surface area contributed by atoms with Crippen LogP contribution in [0.15, 0.2) is 54.6 Å². The predicted molar refractivity (Wildman–Crippen MR) is 112 cm³/mol. The Kier molecular flexibility index (Phi) is 8.87. The van der Waals surface area contributed by atoms with E-state index >= 15 is 0 Å². The van der Waals surface area contributed by atoms with Crippen molar-refractivity contribution in [2.24, 2.45) is 5.92 Å². The summed E-state index contributed by atoms with van der Waals surface area (Å²) in [4.78, 5) is 24.4. The lowest BCUT2D eigenvalue weighted by molar-refractivity contribution is -0.134. The van der Waals surface area contributed by atoms with Crippen molar-refractivity contribution >= 4 is 11.8 Å². The maximum absolute atomic E-state index is 12.8. The Morgan fingerprint density at radius 3 is 2.14 bits per heavy atom. The summed E-state index contributed by atoms with van der Waals surface area (Å²) >= 11 is 0. The second kappa shape index (κ2) is 11.4. The van der Waals surface area contributed by atoms with E-state index in [1.807, 2.05) is 63.2 Å². The Bertz CT molecular complexity index is 768. The largest absolute Gasteiger partial charge is 0.491 e. The summed E-state index contributed by atoms with van der Waals surface area (Å²) in [6, 6.07) is 16.7. The van der Waals surface area contributed by atoms with Gasteiger partial charge in [0.05, 0.1) is 19.3 Å². The van der Waals surface area contributed by atoms with E-state index in [0.717, 1.165) is 11.3 Å². The molecule has 2 atom stereocenters. The average Bonchev–Trinajstić information content (AvgIpc) is 2.73. The van der Waals surface area contributed by atoms with E-state index in [0.29, 0.717) is 25.2 Å². The number of methoxy groups -OCH3 is 1. The van der Waals surface area contributed by atoms with Crippen molar-refractivity contribution in [2.75, 3.05) is 20.3 Å². The molecule has 0 radical (unpaired) electrons. The van der Waals surface area contributed by atoms with Crippen molar-refractivity contribution < 1.29 is 23.8 Å². The van der Waals surface area contributed by atoms with Gasteiger partial charge in [-0.25, -0.2) is 4.79 Å². The maximum atomic E-state index is 12.8. The third-order valence-electron chi connectivity index (χ3n) is 4.72. The van der Waals surface area contributed by atoms with Crippen LogP contribution in [0.25, 0.3) is 0 Å². The summed E-state index contributed by atoms with van der Waals surface area (Å²) in [5.74, 6) is 0.593. The molecule has 0 saturated heterocycles. The van der Waals surface area contributed by atoms with Crippen molar-refractivity contribution in [3.63, 3.8) is 0 Å². The van der Waals surface area contributed by atoms with Gasteiger partial charge in [-0.05, 0) is 41.7 Å². The molecular weight excluding hydrogens is 368 g/mol. The highest BCUT2D eigenvalue weighted by Crippen LogP contribution is 2.23. The third-order valence-corrected chi connectivity index (χ3v) is 4.72. The Morgan fingerprint density at radius 2 is 1.55 bits per heavy atom. The number of Topliss-reactive ketones (excluding diaryl/α,β-unsaturated/α-hetero) is 1. The van der Waals surface area contributed by atoms with E-state index < -0.39 is 6.10 Å². The molecule has 0 saturated carbocycles. The molecule has 0 bridgehead atoms. The van der Waals surface area contributed by atoms with E-state index in [1.54, 1.807) is 12.1 Å². The van der Waals surface area contributed by atoms with Gasteiger partial charge in [0.15, 0.2) is 5.78 Å². The number of esters is 1. The molecule has 0 aliphatic heterocycles. The minimum Gasteiger partial charge on any atom is -0.491 e. The molecule has 5 heteroatoms. The van der Waals surface area contributed by atoms with Crippen LogP contribution in [0.3, 0.4) is 0 Å². The van der Waals surface area contributed by atoms with Gasteiger partial charge in [-0.2, -0.15) is 0 Å². The summed E-state index contributed by atoms with van der Waals surface area (Å²) in [6.45, 7) is 6.71. The van der Waals surface area contributed by atoms with Gasteiger partial charge >= 0.3 is 5.97 Å². The average molecular weight is 398 g/mol. The van der Waals surface area contributed by atoms with E-state index in [2.05, 4.69) is 0 Å². The van der Waals surface area contributed by atoms with Crippen LogP contribution in [0.1, 0.15) is 49.0 Å². The van der Waals surface area contributed by atoms with Crippen molar-refractivity contribution in [1.29, 1.82) is 0 Å². The van der Waals surface area contributed by atoms with Gasteiger partial charge in [0.2, 0.25) is 0 Å². The van der Waals surface area contributed by atoms with E-state index in [1.165, 1.54) is 7.11 Å². The molecule has 0 spiro atoms. The summed E-state index contributed by atoms with van der Waals surface area (Å²) < 4.78 is 16.2. The zero-order chi connectivity index (χ0) is 21.2. The van der Waals surface area contributed by atoms with E-state index in [9.17, 15) is 9.59 Å². The molecule has 0 amide bonds. The Labute approximate surface area is 173 Å². The zero-order valence-electron chi connectivity index (χ0n) is 17.6. The molecule has 0 aliphatic rings. The second-order valence-electron chi connectivity index (χ2n) is 7.38. The lowest BCUT2D eigenvalue weighted by Gasteiger charge is -2.22. The molecule has 156 valence electrons. The quantitative estimate of drug-likeness (QED) is 0.407. The van der Waals surface area contributed by atoms with Gasteiger partial charge in [-0.1, -0.05) is 51.1 Å². The number of carbonyl (C=O) groups excluding carboxylic acids is 2. The van der Waals surface area contributed by atoms with Crippen molar-refractivity contribution in [3.05, 3.63) is 65.7 Å². The summed E-state index contributed by atoms with van der Waals surface area (Å²) in [6.07, 6.45) is -0.0916. The van der Waals surface area contributed by atoms with E-state index in [-0.39, 0.29) is 23.6 Å². The minimum atomic E-state index is -0.467. The fourth-order valence-corrected chi connectivity index (χ4v) is 3.11. The monoisotopic (exact) mass is 398 g/mol. The van der Waals surface area contributed by atoms with Crippen molar-refractivity contribution in [2.45, 2.75) is 39.2 Å². The number of ether oxygens (including phenoxy) is 3. The Hall–Kier alpha value is -2.66. The van der Waals surface area contributed by atoms with E-state index in [4.69, 9.17) is 14.2 Å². The Balaban J connectivity index is 1.86. The molecule has 0 heterocycles. The fraction of sp³-hybridized carbons (Fsp3) is 0.417. The van der Waals surface area contributed by atoms with Crippen LogP contribution in [0.5, 0.6) is 5.75 Å². The highest BCUT2D eigenvalue weighted by molar-refractivity contribution is 5.89. The molecule has 0 N–H and O–H groups in total.